The summed E-state index contributed by atoms with van der Waals surface area (Å²) in [6, 6.07) is 15.5. The topological polar surface area (TPSA) is 128 Å². The first-order valence-electron chi connectivity index (χ1n) is 12.7. The number of esters is 1. The zero-order valence-corrected chi connectivity index (χ0v) is 24.0. The predicted octanol–water partition coefficient (Wildman–Crippen LogP) is 3.84. The number of sulfonamides is 1. The maximum Gasteiger partial charge on any atom is 0.348 e. The fourth-order valence-corrected chi connectivity index (χ4v) is 6.71. The highest BCUT2D eigenvalue weighted by atomic mass is 32.2. The molecule has 1 N–H and O–H groups in total. The van der Waals surface area contributed by atoms with Crippen LogP contribution in [-0.2, 0) is 32.5 Å². The third-order valence-corrected chi connectivity index (χ3v) is 9.61. The molecule has 0 unspecified atom stereocenters. The Balaban J connectivity index is 1.44. The Morgan fingerprint density at radius 1 is 1.05 bits per heavy atom. The summed E-state index contributed by atoms with van der Waals surface area (Å²) in [5, 5.41) is 2.93. The fourth-order valence-electron chi connectivity index (χ4n) is 4.22. The monoisotopic (exact) mass is 582 g/mol. The second-order valence-electron chi connectivity index (χ2n) is 8.95. The molecular weight excluding hydrogens is 552 g/mol. The van der Waals surface area contributed by atoms with Crippen molar-refractivity contribution in [1.82, 2.24) is 13.9 Å². The van der Waals surface area contributed by atoms with Crippen molar-refractivity contribution in [2.45, 2.75) is 38.6 Å². The van der Waals surface area contributed by atoms with Crippen LogP contribution in [0.2, 0.25) is 0 Å². The second-order valence-corrected chi connectivity index (χ2v) is 11.9. The number of aromatic nitrogens is 2. The standard InChI is InChI=1S/C28H30N4O6S2/c1-4-32(5-2)40(36,37)22-13-11-21(12-14-22)30-23(33)17-31-18-29-26-24(27(31)34)19(3)25(39-26)28(35)38-16-15-20-9-7-6-8-10-20/h6-14,18H,4-5,15-17H2,1-3H3,(H,30,33). The molecule has 0 aliphatic rings. The average Bonchev–Trinajstić information content (AvgIpc) is 3.28. The molecule has 2 aromatic carbocycles. The van der Waals surface area contributed by atoms with Crippen molar-refractivity contribution in [3.8, 4) is 0 Å². The number of benzene rings is 2. The lowest BCUT2D eigenvalue weighted by molar-refractivity contribution is -0.116. The molecule has 10 nitrogen and oxygen atoms in total. The molecule has 0 bridgehead atoms. The van der Waals surface area contributed by atoms with Crippen LogP contribution in [0.3, 0.4) is 0 Å². The van der Waals surface area contributed by atoms with Gasteiger partial charge >= 0.3 is 5.97 Å². The molecule has 0 atom stereocenters. The maximum atomic E-state index is 13.2. The molecule has 40 heavy (non-hydrogen) atoms. The van der Waals surface area contributed by atoms with Crippen LogP contribution in [0.15, 0.2) is 70.6 Å². The summed E-state index contributed by atoms with van der Waals surface area (Å²) in [6.45, 7) is 5.79. The van der Waals surface area contributed by atoms with E-state index in [2.05, 4.69) is 10.3 Å². The number of nitrogens with one attached hydrogen (secondary N) is 1. The van der Waals surface area contributed by atoms with Gasteiger partial charge in [-0.2, -0.15) is 4.31 Å². The minimum Gasteiger partial charge on any atom is -0.461 e. The van der Waals surface area contributed by atoms with Gasteiger partial charge in [-0.25, -0.2) is 18.2 Å². The molecule has 2 aromatic heterocycles. The van der Waals surface area contributed by atoms with E-state index in [9.17, 15) is 22.8 Å². The second kappa shape index (κ2) is 12.5. The Labute approximate surface area is 236 Å². The smallest absolute Gasteiger partial charge is 0.348 e. The van der Waals surface area contributed by atoms with Crippen LogP contribution in [-0.4, -0.2) is 53.8 Å². The van der Waals surface area contributed by atoms with Crippen molar-refractivity contribution >= 4 is 49.1 Å². The van der Waals surface area contributed by atoms with E-state index in [1.54, 1.807) is 20.8 Å². The number of carbonyl (C=O) groups excluding carboxylic acids is 2. The summed E-state index contributed by atoms with van der Waals surface area (Å²) in [6.07, 6.45) is 1.84. The van der Waals surface area contributed by atoms with Crippen molar-refractivity contribution in [2.24, 2.45) is 0 Å². The fraction of sp³-hybridized carbons (Fsp3) is 0.286. The first kappa shape index (κ1) is 29.1. The Kier molecular flexibility index (Phi) is 9.13. The van der Waals surface area contributed by atoms with E-state index in [1.165, 1.54) is 39.5 Å². The zero-order valence-electron chi connectivity index (χ0n) is 22.4. The number of fused-ring (bicyclic) bond motifs is 1. The van der Waals surface area contributed by atoms with Gasteiger partial charge in [-0.1, -0.05) is 44.2 Å². The number of rotatable bonds is 11. The largest absolute Gasteiger partial charge is 0.461 e. The number of carbonyl (C=O) groups is 2. The average molecular weight is 583 g/mol. The predicted molar refractivity (Wildman–Crippen MR) is 154 cm³/mol. The SMILES string of the molecule is CCN(CC)S(=O)(=O)c1ccc(NC(=O)Cn2cnc3sc(C(=O)OCCc4ccccc4)c(C)c3c2=O)cc1. The lowest BCUT2D eigenvalue weighted by Gasteiger charge is -2.18. The van der Waals surface area contributed by atoms with E-state index in [4.69, 9.17) is 4.74 Å². The molecule has 0 saturated heterocycles. The van der Waals surface area contributed by atoms with E-state index >= 15 is 0 Å². The molecule has 0 aliphatic carbocycles. The molecule has 0 radical (unpaired) electrons. The molecule has 0 fully saturated rings. The molecule has 4 rings (SSSR count). The summed E-state index contributed by atoms with van der Waals surface area (Å²) < 4.78 is 33.3. The van der Waals surface area contributed by atoms with Gasteiger partial charge in [-0.15, -0.1) is 11.3 Å². The Bertz CT molecular complexity index is 1680. The number of hydrogen-bond donors (Lipinski definition) is 1. The summed E-state index contributed by atoms with van der Waals surface area (Å²) in [4.78, 5) is 43.7. The summed E-state index contributed by atoms with van der Waals surface area (Å²) in [7, 11) is -3.61. The van der Waals surface area contributed by atoms with Gasteiger partial charge in [0.05, 0.1) is 23.2 Å². The molecule has 4 aromatic rings. The minimum atomic E-state index is -3.61. The van der Waals surface area contributed by atoms with E-state index < -0.39 is 27.5 Å². The highest BCUT2D eigenvalue weighted by Gasteiger charge is 2.22. The molecule has 0 aliphatic heterocycles. The minimum absolute atomic E-state index is 0.127. The van der Waals surface area contributed by atoms with Crippen LogP contribution in [0.4, 0.5) is 5.69 Å². The summed E-state index contributed by atoms with van der Waals surface area (Å²) in [5.41, 5.74) is 1.45. The van der Waals surface area contributed by atoms with Crippen LogP contribution < -0.4 is 10.9 Å². The van der Waals surface area contributed by atoms with Gasteiger partial charge in [0, 0.05) is 25.2 Å². The number of anilines is 1. The normalized spacial score (nSPS) is 11.6. The highest BCUT2D eigenvalue weighted by Crippen LogP contribution is 2.27. The van der Waals surface area contributed by atoms with Crippen molar-refractivity contribution in [3.63, 3.8) is 0 Å². The summed E-state index contributed by atoms with van der Waals surface area (Å²) >= 11 is 1.08. The van der Waals surface area contributed by atoms with Crippen LogP contribution in [0, 0.1) is 6.92 Å². The van der Waals surface area contributed by atoms with Gasteiger partial charge in [0.1, 0.15) is 16.3 Å². The van der Waals surface area contributed by atoms with Gasteiger partial charge in [0.15, 0.2) is 0 Å². The van der Waals surface area contributed by atoms with E-state index in [0.717, 1.165) is 16.9 Å². The van der Waals surface area contributed by atoms with Crippen LogP contribution in [0.25, 0.3) is 10.2 Å². The molecule has 1 amide bonds. The van der Waals surface area contributed by atoms with Crippen molar-refractivity contribution in [3.05, 3.63) is 87.3 Å². The molecule has 2 heterocycles. The Morgan fingerprint density at radius 3 is 2.38 bits per heavy atom. The third-order valence-electron chi connectivity index (χ3n) is 6.36. The molecule has 210 valence electrons. The molecule has 0 spiro atoms. The highest BCUT2D eigenvalue weighted by molar-refractivity contribution is 7.89. The number of nitrogens with zero attached hydrogens (tertiary/aromatic N) is 3. The lowest BCUT2D eigenvalue weighted by atomic mass is 10.2. The van der Waals surface area contributed by atoms with Gasteiger partial charge in [0.2, 0.25) is 15.9 Å². The number of aryl methyl sites for hydroxylation is 1. The molecule has 12 heteroatoms. The van der Waals surface area contributed by atoms with Crippen LogP contribution in [0.5, 0.6) is 0 Å². The van der Waals surface area contributed by atoms with Gasteiger partial charge in [-0.05, 0) is 42.3 Å². The van der Waals surface area contributed by atoms with E-state index in [-0.39, 0.29) is 23.4 Å². The lowest BCUT2D eigenvalue weighted by Crippen LogP contribution is -2.30. The number of amides is 1. The maximum absolute atomic E-state index is 13.2. The van der Waals surface area contributed by atoms with Crippen LogP contribution in [0.1, 0.15) is 34.6 Å². The van der Waals surface area contributed by atoms with Gasteiger partial charge < -0.3 is 10.1 Å². The molecular formula is C28H30N4O6S2. The number of hydrogen-bond acceptors (Lipinski definition) is 8. The Hall–Kier alpha value is -3.87. The number of ether oxygens (including phenoxy) is 1. The summed E-state index contributed by atoms with van der Waals surface area (Å²) in [5.74, 6) is -1.01. The van der Waals surface area contributed by atoms with E-state index in [0.29, 0.717) is 40.5 Å². The van der Waals surface area contributed by atoms with Crippen molar-refractivity contribution in [2.75, 3.05) is 25.0 Å². The quantitative estimate of drug-likeness (QED) is 0.266. The van der Waals surface area contributed by atoms with Crippen molar-refractivity contribution in [1.29, 1.82) is 0 Å². The first-order valence-corrected chi connectivity index (χ1v) is 15.0. The van der Waals surface area contributed by atoms with Crippen LogP contribution >= 0.6 is 11.3 Å². The third kappa shape index (κ3) is 6.30. The zero-order chi connectivity index (χ0) is 28.9. The van der Waals surface area contributed by atoms with Gasteiger partial charge in [0.25, 0.3) is 5.56 Å². The first-order chi connectivity index (χ1) is 19.1. The Morgan fingerprint density at radius 2 is 1.73 bits per heavy atom. The van der Waals surface area contributed by atoms with Crippen molar-refractivity contribution < 1.29 is 22.7 Å². The van der Waals surface area contributed by atoms with Gasteiger partial charge in [-0.3, -0.25) is 14.2 Å². The molecule has 0 saturated carbocycles. The van der Waals surface area contributed by atoms with E-state index in [1.807, 2.05) is 30.3 Å². The number of thiophene rings is 1.